The van der Waals surface area contributed by atoms with Crippen LogP contribution in [-0.2, 0) is 24.3 Å². The lowest BCUT2D eigenvalue weighted by molar-refractivity contribution is -0.141. The number of nitrogens with one attached hydrogen (secondary N) is 1. The number of carbonyl (C=O) groups is 2. The zero-order chi connectivity index (χ0) is 20.7. The van der Waals surface area contributed by atoms with Gasteiger partial charge in [0.25, 0.3) is 0 Å². The Morgan fingerprint density at radius 3 is 2.50 bits per heavy atom. The summed E-state index contributed by atoms with van der Waals surface area (Å²) in [5.41, 5.74) is 0.484. The zero-order valence-electron chi connectivity index (χ0n) is 15.3. The fourth-order valence-electron chi connectivity index (χ4n) is 2.40. The van der Waals surface area contributed by atoms with E-state index < -0.39 is 40.3 Å². The normalized spacial score (nSPS) is 12.4. The highest BCUT2D eigenvalue weighted by molar-refractivity contribution is 7.89. The number of amides is 1. The van der Waals surface area contributed by atoms with E-state index in [1.165, 1.54) is 62.9 Å². The van der Waals surface area contributed by atoms with Crippen LogP contribution in [0.2, 0.25) is 0 Å². The number of hydrogen-bond donors (Lipinski definition) is 1. The molecule has 10 heteroatoms. The lowest BCUT2D eigenvalue weighted by atomic mass is 10.0. The van der Waals surface area contributed by atoms with Gasteiger partial charge >= 0.3 is 5.97 Å². The Labute approximate surface area is 162 Å². The van der Waals surface area contributed by atoms with Crippen molar-refractivity contribution in [2.45, 2.75) is 17.4 Å². The van der Waals surface area contributed by atoms with Gasteiger partial charge in [0.05, 0.1) is 26.1 Å². The van der Waals surface area contributed by atoms with Crippen molar-refractivity contribution in [2.24, 2.45) is 0 Å². The topological polar surface area (TPSA) is 106 Å². The Hall–Kier alpha value is -2.85. The SMILES string of the molecule is COC(=O)CC(NC(=O)CN(C)S(=O)(=O)c1cccnc1)c1ccc(F)cc1. The number of ether oxygens (including phenoxy) is 1. The van der Waals surface area contributed by atoms with E-state index in [2.05, 4.69) is 15.0 Å². The maximum Gasteiger partial charge on any atom is 0.307 e. The van der Waals surface area contributed by atoms with Crippen LogP contribution in [0, 0.1) is 5.82 Å². The third-order valence-corrected chi connectivity index (χ3v) is 5.70. The van der Waals surface area contributed by atoms with E-state index in [9.17, 15) is 22.4 Å². The van der Waals surface area contributed by atoms with Crippen LogP contribution in [0.1, 0.15) is 18.0 Å². The molecule has 2 rings (SSSR count). The summed E-state index contributed by atoms with van der Waals surface area (Å²) in [6, 6.07) is 7.31. The molecule has 1 aromatic carbocycles. The Kier molecular flexibility index (Phi) is 7.18. The molecular formula is C18H20FN3O5S. The van der Waals surface area contributed by atoms with E-state index in [4.69, 9.17) is 0 Å². The molecule has 1 aromatic heterocycles. The summed E-state index contributed by atoms with van der Waals surface area (Å²) in [4.78, 5) is 27.8. The quantitative estimate of drug-likeness (QED) is 0.658. The highest BCUT2D eigenvalue weighted by atomic mass is 32.2. The number of hydrogen-bond acceptors (Lipinski definition) is 6. The molecule has 0 aliphatic carbocycles. The predicted octanol–water partition coefficient (Wildman–Crippen LogP) is 1.26. The molecule has 0 fully saturated rings. The molecule has 1 heterocycles. The average molecular weight is 409 g/mol. The molecule has 0 aliphatic heterocycles. The van der Waals surface area contributed by atoms with Gasteiger partial charge in [-0.2, -0.15) is 4.31 Å². The van der Waals surface area contributed by atoms with Crippen molar-refractivity contribution in [2.75, 3.05) is 20.7 Å². The van der Waals surface area contributed by atoms with E-state index in [0.717, 1.165) is 4.31 Å². The second-order valence-corrected chi connectivity index (χ2v) is 7.95. The number of esters is 1. The summed E-state index contributed by atoms with van der Waals surface area (Å²) < 4.78 is 43.6. The van der Waals surface area contributed by atoms with Crippen LogP contribution >= 0.6 is 0 Å². The number of methoxy groups -OCH3 is 1. The molecule has 150 valence electrons. The van der Waals surface area contributed by atoms with Gasteiger partial charge in [0, 0.05) is 19.4 Å². The van der Waals surface area contributed by atoms with Crippen molar-refractivity contribution >= 4 is 21.9 Å². The van der Waals surface area contributed by atoms with Gasteiger partial charge < -0.3 is 10.1 Å². The molecule has 0 spiro atoms. The summed E-state index contributed by atoms with van der Waals surface area (Å²) in [7, 11) is -1.43. The van der Waals surface area contributed by atoms with E-state index in [0.29, 0.717) is 5.56 Å². The van der Waals surface area contributed by atoms with Crippen LogP contribution in [0.15, 0.2) is 53.7 Å². The standard InChI is InChI=1S/C18H20FN3O5S/c1-22(28(25,26)15-4-3-9-20-11-15)12-17(23)21-16(10-18(24)27-2)13-5-7-14(19)8-6-13/h3-9,11,16H,10,12H2,1-2H3,(H,21,23). The average Bonchev–Trinajstić information content (AvgIpc) is 2.68. The van der Waals surface area contributed by atoms with Crippen LogP contribution in [0.25, 0.3) is 0 Å². The smallest absolute Gasteiger partial charge is 0.307 e. The third kappa shape index (κ3) is 5.57. The van der Waals surface area contributed by atoms with Gasteiger partial charge in [0.15, 0.2) is 0 Å². The molecule has 0 aliphatic rings. The maximum absolute atomic E-state index is 13.1. The Balaban J connectivity index is 2.12. The number of carbonyl (C=O) groups excluding carboxylic acids is 2. The largest absolute Gasteiger partial charge is 0.469 e. The van der Waals surface area contributed by atoms with Gasteiger partial charge in [0.2, 0.25) is 15.9 Å². The number of sulfonamides is 1. The van der Waals surface area contributed by atoms with Gasteiger partial charge in [-0.3, -0.25) is 14.6 Å². The number of benzene rings is 1. The highest BCUT2D eigenvalue weighted by Crippen LogP contribution is 2.18. The van der Waals surface area contributed by atoms with Crippen molar-refractivity contribution in [3.63, 3.8) is 0 Å². The van der Waals surface area contributed by atoms with Crippen molar-refractivity contribution in [1.29, 1.82) is 0 Å². The molecule has 1 atom stereocenters. The minimum absolute atomic E-state index is 0.0463. The number of pyridine rings is 1. The maximum atomic E-state index is 13.1. The predicted molar refractivity (Wildman–Crippen MR) is 98.0 cm³/mol. The summed E-state index contributed by atoms with van der Waals surface area (Å²) in [5, 5.41) is 2.59. The molecule has 1 amide bonds. The van der Waals surface area contributed by atoms with Crippen LogP contribution in [0.3, 0.4) is 0 Å². The molecule has 0 saturated carbocycles. The fraction of sp³-hybridized carbons (Fsp3) is 0.278. The molecule has 8 nitrogen and oxygen atoms in total. The number of halogens is 1. The van der Waals surface area contributed by atoms with Crippen LogP contribution in [-0.4, -0.2) is 50.3 Å². The second kappa shape index (κ2) is 9.38. The molecule has 0 bridgehead atoms. The van der Waals surface area contributed by atoms with Gasteiger partial charge in [0.1, 0.15) is 10.7 Å². The van der Waals surface area contributed by atoms with Crippen LogP contribution in [0.4, 0.5) is 4.39 Å². The van der Waals surface area contributed by atoms with Crippen molar-refractivity contribution in [3.8, 4) is 0 Å². The summed E-state index contributed by atoms with van der Waals surface area (Å²) >= 11 is 0. The number of rotatable bonds is 8. The van der Waals surface area contributed by atoms with Gasteiger partial charge in [-0.1, -0.05) is 12.1 Å². The molecule has 28 heavy (non-hydrogen) atoms. The minimum Gasteiger partial charge on any atom is -0.469 e. The van der Waals surface area contributed by atoms with Crippen LogP contribution in [0.5, 0.6) is 0 Å². The van der Waals surface area contributed by atoms with E-state index in [1.807, 2.05) is 0 Å². The van der Waals surface area contributed by atoms with Crippen molar-refractivity contribution in [3.05, 3.63) is 60.2 Å². The van der Waals surface area contributed by atoms with E-state index in [-0.39, 0.29) is 11.3 Å². The Bertz CT molecular complexity index is 920. The molecule has 2 aromatic rings. The molecular weight excluding hydrogens is 389 g/mol. The molecule has 1 unspecified atom stereocenters. The van der Waals surface area contributed by atoms with Crippen molar-refractivity contribution < 1.29 is 27.1 Å². The first-order chi connectivity index (χ1) is 13.2. The second-order valence-electron chi connectivity index (χ2n) is 5.90. The minimum atomic E-state index is -3.90. The van der Waals surface area contributed by atoms with Gasteiger partial charge in [-0.25, -0.2) is 12.8 Å². The zero-order valence-corrected chi connectivity index (χ0v) is 16.1. The summed E-state index contributed by atoms with van der Waals surface area (Å²) in [6.45, 7) is -0.476. The van der Waals surface area contributed by atoms with Crippen LogP contribution < -0.4 is 5.32 Å². The Morgan fingerprint density at radius 2 is 1.93 bits per heavy atom. The number of nitrogens with zero attached hydrogens (tertiary/aromatic N) is 2. The van der Waals surface area contributed by atoms with E-state index in [1.54, 1.807) is 0 Å². The lowest BCUT2D eigenvalue weighted by Gasteiger charge is -2.21. The number of likely N-dealkylation sites (N-methyl/N-ethyl adjacent to an activating group) is 1. The summed E-state index contributed by atoms with van der Waals surface area (Å²) in [6.07, 6.45) is 2.43. The van der Waals surface area contributed by atoms with Gasteiger partial charge in [-0.15, -0.1) is 0 Å². The molecule has 1 N–H and O–H groups in total. The van der Waals surface area contributed by atoms with Gasteiger partial charge in [-0.05, 0) is 29.8 Å². The highest BCUT2D eigenvalue weighted by Gasteiger charge is 2.25. The molecule has 0 saturated heterocycles. The first-order valence-electron chi connectivity index (χ1n) is 8.22. The van der Waals surface area contributed by atoms with Crippen molar-refractivity contribution in [1.82, 2.24) is 14.6 Å². The first-order valence-corrected chi connectivity index (χ1v) is 9.66. The summed E-state index contributed by atoms with van der Waals surface area (Å²) in [5.74, 6) is -1.67. The monoisotopic (exact) mass is 409 g/mol. The van der Waals surface area contributed by atoms with E-state index >= 15 is 0 Å². The third-order valence-electron chi connectivity index (χ3n) is 3.91. The lowest BCUT2D eigenvalue weighted by Crippen LogP contribution is -2.40. The molecule has 0 radical (unpaired) electrons. The first kappa shape index (κ1) is 21.5. The number of aromatic nitrogens is 1. The fourth-order valence-corrected chi connectivity index (χ4v) is 3.50. The Morgan fingerprint density at radius 1 is 1.25 bits per heavy atom.